The second kappa shape index (κ2) is 9.25. The van der Waals surface area contributed by atoms with Gasteiger partial charge in [-0.1, -0.05) is 17.7 Å². The van der Waals surface area contributed by atoms with E-state index in [1.54, 1.807) is 4.90 Å². The molecule has 1 N–H and O–H groups in total. The number of rotatable bonds is 6. The van der Waals surface area contributed by atoms with Gasteiger partial charge in [-0.2, -0.15) is 5.26 Å². The molecule has 2 aromatic carbocycles. The summed E-state index contributed by atoms with van der Waals surface area (Å²) in [6.45, 7) is 7.16. The largest absolute Gasteiger partial charge is 0.385 e. The molecule has 0 aromatic heterocycles. The van der Waals surface area contributed by atoms with Gasteiger partial charge >= 0.3 is 0 Å². The minimum atomic E-state index is -0.620. The zero-order valence-electron chi connectivity index (χ0n) is 17.6. The number of carbonyl (C=O) groups is 1. The normalized spacial score (nSPS) is 20.5. The number of aryl methyl sites for hydroxylation is 1. The Labute approximate surface area is 187 Å². The number of hydrogen-bond acceptors (Lipinski definition) is 4. The molecule has 1 amide bonds. The van der Waals surface area contributed by atoms with Crippen LogP contribution in [-0.4, -0.2) is 55.0 Å². The van der Waals surface area contributed by atoms with Gasteiger partial charge in [-0.3, -0.25) is 4.79 Å². The van der Waals surface area contributed by atoms with Crippen molar-refractivity contribution in [2.24, 2.45) is 11.8 Å². The number of halogens is 2. The number of hydrogen-bond donors (Lipinski definition) is 1. The van der Waals surface area contributed by atoms with E-state index in [4.69, 9.17) is 16.9 Å². The van der Waals surface area contributed by atoms with Crippen LogP contribution in [-0.2, 0) is 0 Å². The number of likely N-dealkylation sites (tertiary alicyclic amines) is 2. The topological polar surface area (TPSA) is 59.4 Å². The molecule has 2 heterocycles. The summed E-state index contributed by atoms with van der Waals surface area (Å²) in [7, 11) is 0. The van der Waals surface area contributed by atoms with Crippen LogP contribution in [0.5, 0.6) is 0 Å². The fourth-order valence-corrected chi connectivity index (χ4v) is 4.79. The average Bonchev–Trinajstić information content (AvgIpc) is 3.32. The highest BCUT2D eigenvalue weighted by Crippen LogP contribution is 2.32. The first-order chi connectivity index (χ1) is 14.9. The molecule has 4 rings (SSSR count). The lowest BCUT2D eigenvalue weighted by atomic mass is 10.0. The van der Waals surface area contributed by atoms with Crippen LogP contribution in [0.1, 0.15) is 27.9 Å². The quantitative estimate of drug-likeness (QED) is 0.685. The molecule has 5 nitrogen and oxygen atoms in total. The molecule has 0 radical (unpaired) electrons. The Kier molecular flexibility index (Phi) is 6.45. The molecule has 2 atom stereocenters. The zero-order valence-corrected chi connectivity index (χ0v) is 18.3. The molecule has 0 bridgehead atoms. The lowest BCUT2D eigenvalue weighted by Gasteiger charge is -2.22. The summed E-state index contributed by atoms with van der Waals surface area (Å²) in [5.74, 6) is -0.0162. The third-order valence-corrected chi connectivity index (χ3v) is 6.74. The standard InChI is InChI=1S/C24H26ClFN4O/c1-16-3-5-20(10-22(16)25)28-7-2-8-29-12-18-14-30(15-19(18)13-29)24(31)21-6-4-17(11-27)9-23(21)26/h3-6,9-10,18-19,28H,2,7-8,12-15H2,1H3. The predicted molar refractivity (Wildman–Crippen MR) is 120 cm³/mol. The highest BCUT2D eigenvalue weighted by molar-refractivity contribution is 6.31. The SMILES string of the molecule is Cc1ccc(NCCCN2CC3CN(C(=O)c4ccc(C#N)cc4F)CC3C2)cc1Cl. The Morgan fingerprint density at radius 2 is 1.94 bits per heavy atom. The molecule has 0 saturated carbocycles. The van der Waals surface area contributed by atoms with Crippen LogP contribution in [0, 0.1) is 35.9 Å². The summed E-state index contributed by atoms with van der Waals surface area (Å²) < 4.78 is 14.2. The van der Waals surface area contributed by atoms with Crippen LogP contribution >= 0.6 is 11.6 Å². The molecule has 2 fully saturated rings. The monoisotopic (exact) mass is 440 g/mol. The Morgan fingerprint density at radius 1 is 1.19 bits per heavy atom. The smallest absolute Gasteiger partial charge is 0.256 e. The maximum absolute atomic E-state index is 14.2. The zero-order chi connectivity index (χ0) is 22.0. The van der Waals surface area contributed by atoms with Crippen molar-refractivity contribution in [1.29, 1.82) is 5.26 Å². The Balaban J connectivity index is 1.22. The van der Waals surface area contributed by atoms with E-state index >= 15 is 0 Å². The van der Waals surface area contributed by atoms with Gasteiger partial charge in [-0.05, 0) is 67.6 Å². The maximum atomic E-state index is 14.2. The van der Waals surface area contributed by atoms with Crippen LogP contribution in [0.25, 0.3) is 0 Å². The van der Waals surface area contributed by atoms with E-state index in [0.717, 1.165) is 54.9 Å². The molecule has 0 spiro atoms. The van der Waals surface area contributed by atoms with E-state index in [1.165, 1.54) is 12.1 Å². The van der Waals surface area contributed by atoms with E-state index in [9.17, 15) is 9.18 Å². The number of benzene rings is 2. The van der Waals surface area contributed by atoms with Gasteiger partial charge in [0.15, 0.2) is 0 Å². The molecule has 2 saturated heterocycles. The average molecular weight is 441 g/mol. The van der Waals surface area contributed by atoms with E-state index in [2.05, 4.69) is 10.2 Å². The van der Waals surface area contributed by atoms with Gasteiger partial charge in [-0.25, -0.2) is 4.39 Å². The summed E-state index contributed by atoms with van der Waals surface area (Å²) in [5, 5.41) is 13.1. The molecule has 2 aromatic rings. The number of nitrogens with zero attached hydrogens (tertiary/aromatic N) is 3. The Hall–Kier alpha value is -2.62. The van der Waals surface area contributed by atoms with Gasteiger partial charge in [0.2, 0.25) is 0 Å². The lowest BCUT2D eigenvalue weighted by molar-refractivity contribution is 0.0769. The van der Waals surface area contributed by atoms with Gasteiger partial charge in [-0.15, -0.1) is 0 Å². The van der Waals surface area contributed by atoms with Crippen LogP contribution < -0.4 is 5.32 Å². The van der Waals surface area contributed by atoms with Crippen molar-refractivity contribution in [2.45, 2.75) is 13.3 Å². The maximum Gasteiger partial charge on any atom is 0.256 e. The molecule has 2 unspecified atom stereocenters. The molecule has 7 heteroatoms. The third kappa shape index (κ3) is 4.84. The second-order valence-corrected chi connectivity index (χ2v) is 8.95. The van der Waals surface area contributed by atoms with Gasteiger partial charge < -0.3 is 15.1 Å². The number of amides is 1. The first-order valence-electron chi connectivity index (χ1n) is 10.7. The highest BCUT2D eigenvalue weighted by Gasteiger charge is 2.41. The second-order valence-electron chi connectivity index (χ2n) is 8.54. The summed E-state index contributed by atoms with van der Waals surface area (Å²) >= 11 is 6.17. The molecule has 31 heavy (non-hydrogen) atoms. The predicted octanol–water partition coefficient (Wildman–Crippen LogP) is 4.17. The first-order valence-corrected chi connectivity index (χ1v) is 11.0. The number of fused-ring (bicyclic) bond motifs is 1. The van der Waals surface area contributed by atoms with Crippen molar-refractivity contribution < 1.29 is 9.18 Å². The van der Waals surface area contributed by atoms with Crippen molar-refractivity contribution in [2.75, 3.05) is 44.6 Å². The summed E-state index contributed by atoms with van der Waals surface area (Å²) in [6.07, 6.45) is 1.03. The molecular formula is C24H26ClFN4O. The van der Waals surface area contributed by atoms with Gasteiger partial charge in [0, 0.05) is 43.4 Å². The first kappa shape index (κ1) is 21.6. The van der Waals surface area contributed by atoms with Crippen LogP contribution in [0.2, 0.25) is 5.02 Å². The lowest BCUT2D eigenvalue weighted by Crippen LogP contribution is -2.34. The number of nitrogens with one attached hydrogen (secondary N) is 1. The van der Waals surface area contributed by atoms with Crippen molar-refractivity contribution >= 4 is 23.2 Å². The molecule has 2 aliphatic rings. The van der Waals surface area contributed by atoms with Crippen LogP contribution in [0.4, 0.5) is 10.1 Å². The van der Waals surface area contributed by atoms with Crippen molar-refractivity contribution in [1.82, 2.24) is 9.80 Å². The van der Waals surface area contributed by atoms with Gasteiger partial charge in [0.1, 0.15) is 5.82 Å². The minimum Gasteiger partial charge on any atom is -0.385 e. The van der Waals surface area contributed by atoms with E-state index in [0.29, 0.717) is 24.9 Å². The number of carbonyl (C=O) groups excluding carboxylic acids is 1. The van der Waals surface area contributed by atoms with Gasteiger partial charge in [0.05, 0.1) is 17.2 Å². The minimum absolute atomic E-state index is 0.0538. The van der Waals surface area contributed by atoms with Crippen molar-refractivity contribution in [3.05, 3.63) is 63.9 Å². The Bertz CT molecular complexity index is 1010. The fourth-order valence-electron chi connectivity index (χ4n) is 4.61. The molecular weight excluding hydrogens is 415 g/mol. The summed E-state index contributed by atoms with van der Waals surface area (Å²) in [5.41, 5.74) is 2.39. The number of nitriles is 1. The van der Waals surface area contributed by atoms with Crippen molar-refractivity contribution in [3.8, 4) is 6.07 Å². The highest BCUT2D eigenvalue weighted by atomic mass is 35.5. The summed E-state index contributed by atoms with van der Waals surface area (Å²) in [4.78, 5) is 17.0. The van der Waals surface area contributed by atoms with E-state index in [-0.39, 0.29) is 17.0 Å². The van der Waals surface area contributed by atoms with Gasteiger partial charge in [0.25, 0.3) is 5.91 Å². The van der Waals surface area contributed by atoms with Crippen LogP contribution in [0.15, 0.2) is 36.4 Å². The third-order valence-electron chi connectivity index (χ3n) is 6.33. The Morgan fingerprint density at radius 3 is 2.58 bits per heavy atom. The summed E-state index contributed by atoms with van der Waals surface area (Å²) in [6, 6.07) is 12.0. The molecule has 0 aliphatic carbocycles. The fraction of sp³-hybridized carbons (Fsp3) is 0.417. The van der Waals surface area contributed by atoms with E-state index in [1.807, 2.05) is 31.2 Å². The molecule has 2 aliphatic heterocycles. The van der Waals surface area contributed by atoms with E-state index < -0.39 is 5.82 Å². The van der Waals surface area contributed by atoms with Crippen molar-refractivity contribution in [3.63, 3.8) is 0 Å². The number of anilines is 1. The molecule has 162 valence electrons. The van der Waals surface area contributed by atoms with Crippen LogP contribution in [0.3, 0.4) is 0 Å².